The van der Waals surface area contributed by atoms with E-state index in [1.165, 1.54) is 10.9 Å². The predicted molar refractivity (Wildman–Crippen MR) is 75.2 cm³/mol. The average molecular weight is 234 g/mol. The molecule has 0 unspecified atom stereocenters. The van der Waals surface area contributed by atoms with Gasteiger partial charge in [-0.25, -0.2) is 0 Å². The molecule has 0 amide bonds. The second kappa shape index (κ2) is 4.53. The zero-order chi connectivity index (χ0) is 12.4. The fourth-order valence-corrected chi connectivity index (χ4v) is 2.06. The van der Waals surface area contributed by atoms with Gasteiger partial charge in [-0.3, -0.25) is 0 Å². The quantitative estimate of drug-likeness (QED) is 0.610. The Hall–Kier alpha value is -2.28. The maximum absolute atomic E-state index is 5.95. The topological polar surface area (TPSA) is 9.23 Å². The number of hydrogen-bond donors (Lipinski definition) is 0. The maximum atomic E-state index is 5.95. The van der Waals surface area contributed by atoms with Crippen molar-refractivity contribution in [2.24, 2.45) is 0 Å². The van der Waals surface area contributed by atoms with E-state index in [2.05, 4.69) is 31.2 Å². The van der Waals surface area contributed by atoms with Crippen molar-refractivity contribution in [3.8, 4) is 11.5 Å². The molecular weight excluding hydrogens is 220 g/mol. The van der Waals surface area contributed by atoms with Crippen molar-refractivity contribution in [1.82, 2.24) is 0 Å². The Morgan fingerprint density at radius 2 is 1.61 bits per heavy atom. The smallest absolute Gasteiger partial charge is 0.135 e. The summed E-state index contributed by atoms with van der Waals surface area (Å²) in [5.74, 6) is 1.77. The standard InChI is InChI=1S/C17H14O/c1-13-10-11-14-6-5-9-17(16(14)12-13)18-15-7-3-2-4-8-15/h2-12H,1H3. The molecule has 0 aliphatic carbocycles. The molecule has 0 heterocycles. The van der Waals surface area contributed by atoms with Gasteiger partial charge in [0.05, 0.1) is 0 Å². The Labute approximate surface area is 107 Å². The van der Waals surface area contributed by atoms with Crippen molar-refractivity contribution in [2.45, 2.75) is 6.92 Å². The molecule has 1 nitrogen and oxygen atoms in total. The Balaban J connectivity index is 2.09. The first-order chi connectivity index (χ1) is 8.83. The fourth-order valence-electron chi connectivity index (χ4n) is 2.06. The lowest BCUT2D eigenvalue weighted by atomic mass is 10.1. The van der Waals surface area contributed by atoms with Crippen LogP contribution in [0, 0.1) is 6.92 Å². The lowest BCUT2D eigenvalue weighted by Crippen LogP contribution is -1.86. The Kier molecular flexibility index (Phi) is 2.73. The van der Waals surface area contributed by atoms with Crippen LogP contribution in [0.5, 0.6) is 11.5 Å². The summed E-state index contributed by atoms with van der Waals surface area (Å²) in [6.07, 6.45) is 0. The highest BCUT2D eigenvalue weighted by molar-refractivity contribution is 5.89. The van der Waals surface area contributed by atoms with Crippen LogP contribution in [0.2, 0.25) is 0 Å². The minimum absolute atomic E-state index is 0.867. The van der Waals surface area contributed by atoms with E-state index in [1.807, 2.05) is 42.5 Å². The van der Waals surface area contributed by atoms with Crippen molar-refractivity contribution < 1.29 is 4.74 Å². The number of rotatable bonds is 2. The molecule has 0 atom stereocenters. The van der Waals surface area contributed by atoms with Gasteiger partial charge in [0.15, 0.2) is 0 Å². The van der Waals surface area contributed by atoms with E-state index >= 15 is 0 Å². The first-order valence-corrected chi connectivity index (χ1v) is 6.05. The second-order valence-corrected chi connectivity index (χ2v) is 4.40. The van der Waals surface area contributed by atoms with Crippen molar-refractivity contribution in [2.75, 3.05) is 0 Å². The molecule has 0 aromatic heterocycles. The lowest BCUT2D eigenvalue weighted by molar-refractivity contribution is 0.488. The number of hydrogen-bond acceptors (Lipinski definition) is 1. The fraction of sp³-hybridized carbons (Fsp3) is 0.0588. The van der Waals surface area contributed by atoms with Crippen LogP contribution in [0.15, 0.2) is 66.7 Å². The lowest BCUT2D eigenvalue weighted by Gasteiger charge is -2.09. The van der Waals surface area contributed by atoms with Gasteiger partial charge in [-0.15, -0.1) is 0 Å². The van der Waals surface area contributed by atoms with E-state index < -0.39 is 0 Å². The van der Waals surface area contributed by atoms with Crippen molar-refractivity contribution in [3.05, 3.63) is 72.3 Å². The number of aryl methyl sites for hydroxylation is 1. The van der Waals surface area contributed by atoms with E-state index in [0.29, 0.717) is 0 Å². The van der Waals surface area contributed by atoms with Gasteiger partial charge in [0.25, 0.3) is 0 Å². The van der Waals surface area contributed by atoms with Gasteiger partial charge in [0.2, 0.25) is 0 Å². The Morgan fingerprint density at radius 3 is 2.44 bits per heavy atom. The Morgan fingerprint density at radius 1 is 0.778 bits per heavy atom. The van der Waals surface area contributed by atoms with Crippen LogP contribution in [0.3, 0.4) is 0 Å². The van der Waals surface area contributed by atoms with E-state index in [0.717, 1.165) is 16.9 Å². The Bertz CT molecular complexity index is 672. The molecule has 0 radical (unpaired) electrons. The van der Waals surface area contributed by atoms with Gasteiger partial charge in [0.1, 0.15) is 11.5 Å². The number of fused-ring (bicyclic) bond motifs is 1. The third-order valence-electron chi connectivity index (χ3n) is 2.97. The molecule has 3 rings (SSSR count). The molecule has 88 valence electrons. The molecule has 1 heteroatoms. The summed E-state index contributed by atoms with van der Waals surface area (Å²) in [6, 6.07) is 22.4. The van der Waals surface area contributed by atoms with Gasteiger partial charge in [-0.1, -0.05) is 48.0 Å². The maximum Gasteiger partial charge on any atom is 0.135 e. The van der Waals surface area contributed by atoms with Crippen LogP contribution >= 0.6 is 0 Å². The minimum Gasteiger partial charge on any atom is -0.457 e. The highest BCUT2D eigenvalue weighted by Gasteiger charge is 2.03. The first-order valence-electron chi connectivity index (χ1n) is 6.05. The van der Waals surface area contributed by atoms with Gasteiger partial charge < -0.3 is 4.74 Å². The van der Waals surface area contributed by atoms with Crippen LogP contribution in [0.4, 0.5) is 0 Å². The molecule has 18 heavy (non-hydrogen) atoms. The summed E-state index contributed by atoms with van der Waals surface area (Å²) in [7, 11) is 0. The SMILES string of the molecule is Cc1ccc2cccc(Oc3ccccc3)c2c1. The second-order valence-electron chi connectivity index (χ2n) is 4.40. The van der Waals surface area contributed by atoms with Gasteiger partial charge in [0, 0.05) is 5.39 Å². The van der Waals surface area contributed by atoms with Crippen molar-refractivity contribution in [1.29, 1.82) is 0 Å². The van der Waals surface area contributed by atoms with Gasteiger partial charge in [-0.2, -0.15) is 0 Å². The molecule has 0 fully saturated rings. The third kappa shape index (κ3) is 2.07. The van der Waals surface area contributed by atoms with E-state index in [9.17, 15) is 0 Å². The van der Waals surface area contributed by atoms with Crippen molar-refractivity contribution in [3.63, 3.8) is 0 Å². The normalized spacial score (nSPS) is 10.5. The van der Waals surface area contributed by atoms with Crippen LogP contribution in [-0.2, 0) is 0 Å². The molecule has 0 spiro atoms. The summed E-state index contributed by atoms with van der Waals surface area (Å²) in [4.78, 5) is 0. The van der Waals surface area contributed by atoms with Crippen LogP contribution in [0.1, 0.15) is 5.56 Å². The number of ether oxygens (including phenoxy) is 1. The largest absolute Gasteiger partial charge is 0.457 e. The highest BCUT2D eigenvalue weighted by atomic mass is 16.5. The zero-order valence-corrected chi connectivity index (χ0v) is 10.3. The molecule has 0 saturated carbocycles. The molecule has 3 aromatic rings. The number of benzene rings is 3. The van der Waals surface area contributed by atoms with Gasteiger partial charge in [-0.05, 0) is 36.6 Å². The first kappa shape index (κ1) is 10.8. The highest BCUT2D eigenvalue weighted by Crippen LogP contribution is 2.30. The molecule has 0 N–H and O–H groups in total. The van der Waals surface area contributed by atoms with E-state index in [4.69, 9.17) is 4.74 Å². The summed E-state index contributed by atoms with van der Waals surface area (Å²) >= 11 is 0. The van der Waals surface area contributed by atoms with E-state index in [-0.39, 0.29) is 0 Å². The minimum atomic E-state index is 0.867. The molecule has 0 saturated heterocycles. The summed E-state index contributed by atoms with van der Waals surface area (Å²) in [6.45, 7) is 2.10. The average Bonchev–Trinajstić information content (AvgIpc) is 2.41. The zero-order valence-electron chi connectivity index (χ0n) is 10.3. The summed E-state index contributed by atoms with van der Waals surface area (Å²) in [5.41, 5.74) is 1.24. The molecule has 3 aromatic carbocycles. The van der Waals surface area contributed by atoms with Crippen molar-refractivity contribution >= 4 is 10.8 Å². The summed E-state index contributed by atoms with van der Waals surface area (Å²) in [5, 5.41) is 2.36. The van der Waals surface area contributed by atoms with E-state index in [1.54, 1.807) is 0 Å². The van der Waals surface area contributed by atoms with Crippen LogP contribution in [-0.4, -0.2) is 0 Å². The molecule has 0 aliphatic rings. The summed E-state index contributed by atoms with van der Waals surface area (Å²) < 4.78 is 5.95. The molecule has 0 bridgehead atoms. The van der Waals surface area contributed by atoms with Crippen LogP contribution < -0.4 is 4.74 Å². The van der Waals surface area contributed by atoms with Gasteiger partial charge >= 0.3 is 0 Å². The molecular formula is C17H14O. The predicted octanol–water partition coefficient (Wildman–Crippen LogP) is 4.94. The van der Waals surface area contributed by atoms with Crippen LogP contribution in [0.25, 0.3) is 10.8 Å². The monoisotopic (exact) mass is 234 g/mol. The third-order valence-corrected chi connectivity index (χ3v) is 2.97. The number of para-hydroxylation sites is 1. The molecule has 0 aliphatic heterocycles.